The van der Waals surface area contributed by atoms with Crippen molar-refractivity contribution >= 4 is 17.7 Å². The van der Waals surface area contributed by atoms with Crippen LogP contribution in [0.2, 0.25) is 0 Å². The molecular formula is C15H23NO2S. The fraction of sp³-hybridized carbons (Fsp3) is 0.533. The molecule has 1 N–H and O–H groups in total. The van der Waals surface area contributed by atoms with E-state index in [2.05, 4.69) is 19.2 Å². The summed E-state index contributed by atoms with van der Waals surface area (Å²) in [7, 11) is 0. The molecule has 1 amide bonds. The van der Waals surface area contributed by atoms with Crippen LogP contribution in [0.5, 0.6) is 5.75 Å². The topological polar surface area (TPSA) is 38.3 Å². The summed E-state index contributed by atoms with van der Waals surface area (Å²) in [6.07, 6.45) is 2.16. The molecule has 0 fully saturated rings. The summed E-state index contributed by atoms with van der Waals surface area (Å²) >= 11 is 1.60. The van der Waals surface area contributed by atoms with Crippen LogP contribution in [0.3, 0.4) is 0 Å². The molecule has 0 bridgehead atoms. The Morgan fingerprint density at radius 1 is 1.32 bits per heavy atom. The quantitative estimate of drug-likeness (QED) is 0.707. The molecule has 0 aromatic heterocycles. The molecule has 0 heterocycles. The molecule has 0 spiro atoms. The van der Waals surface area contributed by atoms with Gasteiger partial charge in [0.05, 0.1) is 12.4 Å². The molecule has 0 aliphatic heterocycles. The van der Waals surface area contributed by atoms with Crippen molar-refractivity contribution in [2.45, 2.75) is 26.7 Å². The van der Waals surface area contributed by atoms with Crippen molar-refractivity contribution in [2.75, 3.05) is 24.7 Å². The normalized spacial score (nSPS) is 10.2. The highest BCUT2D eigenvalue weighted by atomic mass is 32.2. The van der Waals surface area contributed by atoms with Gasteiger partial charge in [-0.2, -0.15) is 0 Å². The van der Waals surface area contributed by atoms with Crippen molar-refractivity contribution in [1.82, 2.24) is 5.32 Å². The summed E-state index contributed by atoms with van der Waals surface area (Å²) in [4.78, 5) is 11.4. The van der Waals surface area contributed by atoms with Crippen LogP contribution in [0.15, 0.2) is 24.3 Å². The predicted octanol–water partition coefficient (Wildman–Crippen LogP) is 3.02. The first kappa shape index (κ1) is 15.9. The molecule has 0 aliphatic carbocycles. The van der Waals surface area contributed by atoms with Gasteiger partial charge in [0.1, 0.15) is 5.75 Å². The third-order valence-corrected chi connectivity index (χ3v) is 3.52. The number of carbonyl (C=O) groups excluding carboxylic acids is 1. The van der Waals surface area contributed by atoms with E-state index >= 15 is 0 Å². The third kappa shape index (κ3) is 7.78. The Balaban J connectivity index is 2.01. The van der Waals surface area contributed by atoms with Gasteiger partial charge in [-0.05, 0) is 25.5 Å². The number of rotatable bonds is 9. The van der Waals surface area contributed by atoms with Gasteiger partial charge in [0.15, 0.2) is 0 Å². The zero-order chi connectivity index (χ0) is 13.9. The maximum atomic E-state index is 11.4. The Morgan fingerprint density at radius 2 is 2.05 bits per heavy atom. The number of hydrogen-bond acceptors (Lipinski definition) is 3. The minimum atomic E-state index is 0.119. The van der Waals surface area contributed by atoms with Crippen LogP contribution < -0.4 is 10.1 Å². The summed E-state index contributed by atoms with van der Waals surface area (Å²) in [5, 5.41) is 2.90. The van der Waals surface area contributed by atoms with Crippen molar-refractivity contribution in [3.63, 3.8) is 0 Å². The van der Waals surface area contributed by atoms with Crippen molar-refractivity contribution in [2.24, 2.45) is 0 Å². The molecule has 0 unspecified atom stereocenters. The molecule has 0 radical (unpaired) electrons. The number of benzene rings is 1. The van der Waals surface area contributed by atoms with Crippen LogP contribution in [0.25, 0.3) is 0 Å². The summed E-state index contributed by atoms with van der Waals surface area (Å²) in [5.41, 5.74) is 1.23. The van der Waals surface area contributed by atoms with Gasteiger partial charge < -0.3 is 10.1 Å². The highest BCUT2D eigenvalue weighted by molar-refractivity contribution is 7.99. The largest absolute Gasteiger partial charge is 0.493 e. The summed E-state index contributed by atoms with van der Waals surface area (Å²) < 4.78 is 5.59. The lowest BCUT2D eigenvalue weighted by molar-refractivity contribution is -0.118. The molecule has 19 heavy (non-hydrogen) atoms. The lowest BCUT2D eigenvalue weighted by Crippen LogP contribution is -2.26. The number of thioether (sulfide) groups is 1. The maximum absolute atomic E-state index is 11.4. The number of nitrogens with one attached hydrogen (secondary N) is 1. The predicted molar refractivity (Wildman–Crippen MR) is 81.9 cm³/mol. The highest BCUT2D eigenvalue weighted by Gasteiger charge is 2.00. The molecule has 0 saturated carbocycles. The maximum Gasteiger partial charge on any atom is 0.229 e. The van der Waals surface area contributed by atoms with E-state index in [1.165, 1.54) is 5.56 Å². The number of aryl methyl sites for hydroxylation is 1. The monoisotopic (exact) mass is 281 g/mol. The van der Waals surface area contributed by atoms with E-state index in [4.69, 9.17) is 4.74 Å². The van der Waals surface area contributed by atoms with Gasteiger partial charge in [0, 0.05) is 12.3 Å². The van der Waals surface area contributed by atoms with E-state index in [1.54, 1.807) is 11.8 Å². The Labute approximate surface area is 120 Å². The zero-order valence-electron chi connectivity index (χ0n) is 11.8. The van der Waals surface area contributed by atoms with Crippen LogP contribution in [0.1, 0.15) is 25.3 Å². The van der Waals surface area contributed by atoms with Crippen molar-refractivity contribution in [1.29, 1.82) is 0 Å². The van der Waals surface area contributed by atoms with Crippen LogP contribution in [0.4, 0.5) is 0 Å². The van der Waals surface area contributed by atoms with Gasteiger partial charge in [0.25, 0.3) is 0 Å². The van der Waals surface area contributed by atoms with E-state index < -0.39 is 0 Å². The van der Waals surface area contributed by atoms with E-state index in [-0.39, 0.29) is 5.91 Å². The smallest absolute Gasteiger partial charge is 0.229 e. The number of hydrogen-bond donors (Lipinski definition) is 1. The molecule has 1 rings (SSSR count). The fourth-order valence-electron chi connectivity index (χ4n) is 1.47. The number of carbonyl (C=O) groups is 1. The standard InChI is InChI=1S/C15H23NO2S/c1-3-4-9-16-15(17)12-19-11-10-18-14-7-5-13(2)6-8-14/h5-8H,3-4,9-12H2,1-2H3,(H,16,17). The summed E-state index contributed by atoms with van der Waals surface area (Å²) in [5.74, 6) is 2.35. The Morgan fingerprint density at radius 3 is 2.74 bits per heavy atom. The first-order valence-corrected chi connectivity index (χ1v) is 7.91. The summed E-state index contributed by atoms with van der Waals surface area (Å²) in [6, 6.07) is 8.00. The molecule has 0 aliphatic rings. The van der Waals surface area contributed by atoms with Gasteiger partial charge in [0.2, 0.25) is 5.91 Å². The molecule has 0 atom stereocenters. The summed E-state index contributed by atoms with van der Waals surface area (Å²) in [6.45, 7) is 5.59. The minimum Gasteiger partial charge on any atom is -0.493 e. The number of amides is 1. The average Bonchev–Trinajstić information content (AvgIpc) is 2.41. The van der Waals surface area contributed by atoms with Crippen molar-refractivity contribution in [3.8, 4) is 5.75 Å². The first-order chi connectivity index (χ1) is 9.22. The van der Waals surface area contributed by atoms with Crippen LogP contribution >= 0.6 is 11.8 Å². The Bertz CT molecular complexity index is 365. The second-order valence-electron chi connectivity index (χ2n) is 4.42. The lowest BCUT2D eigenvalue weighted by Gasteiger charge is -2.06. The molecule has 3 nitrogen and oxygen atoms in total. The Kier molecular flexibility index (Phi) is 8.14. The molecule has 1 aromatic rings. The SMILES string of the molecule is CCCCNC(=O)CSCCOc1ccc(C)cc1. The van der Waals surface area contributed by atoms with E-state index in [0.29, 0.717) is 12.4 Å². The van der Waals surface area contributed by atoms with E-state index in [9.17, 15) is 4.79 Å². The van der Waals surface area contributed by atoms with Gasteiger partial charge in [-0.3, -0.25) is 4.79 Å². The first-order valence-electron chi connectivity index (χ1n) is 6.76. The second kappa shape index (κ2) is 9.73. The minimum absolute atomic E-state index is 0.119. The number of unbranched alkanes of at least 4 members (excludes halogenated alkanes) is 1. The third-order valence-electron chi connectivity index (χ3n) is 2.60. The molecule has 4 heteroatoms. The Hall–Kier alpha value is -1.16. The molecule has 1 aromatic carbocycles. The van der Waals surface area contributed by atoms with Crippen LogP contribution in [0, 0.1) is 6.92 Å². The fourth-order valence-corrected chi connectivity index (χ4v) is 2.11. The van der Waals surface area contributed by atoms with Gasteiger partial charge in [-0.1, -0.05) is 31.0 Å². The average molecular weight is 281 g/mol. The van der Waals surface area contributed by atoms with Crippen LogP contribution in [-0.2, 0) is 4.79 Å². The van der Waals surface area contributed by atoms with Crippen molar-refractivity contribution in [3.05, 3.63) is 29.8 Å². The zero-order valence-corrected chi connectivity index (χ0v) is 12.6. The van der Waals surface area contributed by atoms with Crippen LogP contribution in [-0.4, -0.2) is 30.6 Å². The van der Waals surface area contributed by atoms with Gasteiger partial charge in [-0.15, -0.1) is 11.8 Å². The van der Waals surface area contributed by atoms with Gasteiger partial charge in [-0.25, -0.2) is 0 Å². The highest BCUT2D eigenvalue weighted by Crippen LogP contribution is 2.11. The molecular weight excluding hydrogens is 258 g/mol. The molecule has 0 saturated heterocycles. The number of ether oxygens (including phenoxy) is 1. The lowest BCUT2D eigenvalue weighted by atomic mass is 10.2. The second-order valence-corrected chi connectivity index (χ2v) is 5.52. The van der Waals surface area contributed by atoms with E-state index in [0.717, 1.165) is 30.9 Å². The van der Waals surface area contributed by atoms with Crippen molar-refractivity contribution < 1.29 is 9.53 Å². The van der Waals surface area contributed by atoms with E-state index in [1.807, 2.05) is 24.3 Å². The molecule has 106 valence electrons. The van der Waals surface area contributed by atoms with Gasteiger partial charge >= 0.3 is 0 Å².